The Balaban J connectivity index is 1.95. The molecule has 0 radical (unpaired) electrons. The molecule has 136 valence electrons. The molecular weight excluding hydrogens is 369 g/mol. The van der Waals surface area contributed by atoms with E-state index >= 15 is 0 Å². The van der Waals surface area contributed by atoms with E-state index in [1.165, 1.54) is 6.07 Å². The van der Waals surface area contributed by atoms with Gasteiger partial charge in [0.15, 0.2) is 0 Å². The third kappa shape index (κ3) is 5.13. The molecule has 2 aromatic carbocycles. The molecular formula is C15H12F5NO3S. The maximum atomic E-state index is 13.5. The molecule has 0 atom stereocenters. The van der Waals surface area contributed by atoms with Crippen LogP contribution < -0.4 is 9.46 Å². The van der Waals surface area contributed by atoms with Gasteiger partial charge in [0.25, 0.3) is 0 Å². The van der Waals surface area contributed by atoms with E-state index in [1.807, 2.05) is 4.72 Å². The van der Waals surface area contributed by atoms with E-state index in [4.69, 9.17) is 4.74 Å². The second kappa shape index (κ2) is 7.36. The highest BCUT2D eigenvalue weighted by atomic mass is 32.2. The molecule has 0 saturated heterocycles. The highest BCUT2D eigenvalue weighted by Crippen LogP contribution is 2.31. The molecule has 0 aromatic heterocycles. The lowest BCUT2D eigenvalue weighted by molar-refractivity contribution is -0.137. The van der Waals surface area contributed by atoms with E-state index in [2.05, 4.69) is 0 Å². The van der Waals surface area contributed by atoms with E-state index in [1.54, 1.807) is 0 Å². The molecule has 0 aliphatic heterocycles. The van der Waals surface area contributed by atoms with Crippen molar-refractivity contribution in [1.82, 2.24) is 4.72 Å². The third-order valence-corrected chi connectivity index (χ3v) is 4.50. The van der Waals surface area contributed by atoms with Crippen LogP contribution in [0.2, 0.25) is 0 Å². The zero-order valence-electron chi connectivity index (χ0n) is 12.5. The minimum Gasteiger partial charge on any atom is -0.492 e. The number of sulfonamides is 1. The standard InChI is InChI=1S/C15H12F5NO3S/c16-11-4-5-14(13(17)9-11)25(22,23)21-6-7-24-12-3-1-2-10(8-12)15(18,19)20/h1-5,8-9,21H,6-7H2. The molecule has 10 heteroatoms. The number of nitrogens with one attached hydrogen (secondary N) is 1. The van der Waals surface area contributed by atoms with Crippen molar-refractivity contribution in [3.05, 3.63) is 59.7 Å². The number of benzene rings is 2. The largest absolute Gasteiger partial charge is 0.492 e. The average Bonchev–Trinajstić information content (AvgIpc) is 2.51. The van der Waals surface area contributed by atoms with Gasteiger partial charge in [0.1, 0.15) is 28.9 Å². The van der Waals surface area contributed by atoms with E-state index in [-0.39, 0.29) is 18.9 Å². The summed E-state index contributed by atoms with van der Waals surface area (Å²) in [4.78, 5) is -0.743. The van der Waals surface area contributed by atoms with Crippen molar-refractivity contribution in [2.45, 2.75) is 11.1 Å². The summed E-state index contributed by atoms with van der Waals surface area (Å²) in [7, 11) is -4.25. The van der Waals surface area contributed by atoms with Crippen molar-refractivity contribution in [2.75, 3.05) is 13.2 Å². The predicted molar refractivity (Wildman–Crippen MR) is 78.5 cm³/mol. The van der Waals surface area contributed by atoms with Gasteiger partial charge in [-0.2, -0.15) is 13.2 Å². The number of rotatable bonds is 6. The zero-order valence-corrected chi connectivity index (χ0v) is 13.3. The lowest BCUT2D eigenvalue weighted by Gasteiger charge is -2.11. The molecule has 0 amide bonds. The summed E-state index contributed by atoms with van der Waals surface area (Å²) in [5.41, 5.74) is -0.904. The second-order valence-corrected chi connectivity index (χ2v) is 6.58. The monoisotopic (exact) mass is 381 g/mol. The molecule has 0 unspecified atom stereocenters. The van der Waals surface area contributed by atoms with E-state index in [9.17, 15) is 30.4 Å². The number of hydrogen-bond acceptors (Lipinski definition) is 3. The zero-order chi connectivity index (χ0) is 18.7. The van der Waals surface area contributed by atoms with Crippen LogP contribution in [-0.2, 0) is 16.2 Å². The quantitative estimate of drug-likeness (QED) is 0.617. The van der Waals surface area contributed by atoms with Crippen LogP contribution in [-0.4, -0.2) is 21.6 Å². The molecule has 0 saturated carbocycles. The van der Waals surface area contributed by atoms with E-state index in [0.717, 1.165) is 30.3 Å². The van der Waals surface area contributed by atoms with Gasteiger partial charge in [-0.25, -0.2) is 21.9 Å². The van der Waals surface area contributed by atoms with Crippen molar-refractivity contribution in [3.8, 4) is 5.75 Å². The summed E-state index contributed by atoms with van der Waals surface area (Å²) in [6.07, 6.45) is -4.53. The molecule has 1 N–H and O–H groups in total. The van der Waals surface area contributed by atoms with Crippen LogP contribution in [0.5, 0.6) is 5.75 Å². The fourth-order valence-corrected chi connectivity index (χ4v) is 2.95. The highest BCUT2D eigenvalue weighted by Gasteiger charge is 2.30. The van der Waals surface area contributed by atoms with Crippen LogP contribution in [0, 0.1) is 11.6 Å². The number of hydrogen-bond donors (Lipinski definition) is 1. The fourth-order valence-electron chi connectivity index (χ4n) is 1.88. The molecule has 2 aromatic rings. The Bertz CT molecular complexity index is 852. The lowest BCUT2D eigenvalue weighted by atomic mass is 10.2. The minimum absolute atomic E-state index is 0.0954. The van der Waals surface area contributed by atoms with Gasteiger partial charge in [0.2, 0.25) is 10.0 Å². The number of alkyl halides is 3. The molecule has 0 fully saturated rings. The second-order valence-electron chi connectivity index (χ2n) is 4.85. The Morgan fingerprint density at radius 2 is 1.76 bits per heavy atom. The van der Waals surface area contributed by atoms with Gasteiger partial charge >= 0.3 is 6.18 Å². The van der Waals surface area contributed by atoms with Crippen LogP contribution >= 0.6 is 0 Å². The SMILES string of the molecule is O=S(=O)(NCCOc1cccc(C(F)(F)F)c1)c1ccc(F)cc1F. The maximum absolute atomic E-state index is 13.5. The van der Waals surface area contributed by atoms with Crippen molar-refractivity contribution >= 4 is 10.0 Å². The minimum atomic E-state index is -4.53. The maximum Gasteiger partial charge on any atom is 0.416 e. The third-order valence-electron chi connectivity index (χ3n) is 3.01. The summed E-state index contributed by atoms with van der Waals surface area (Å²) in [5, 5.41) is 0. The molecule has 0 aliphatic carbocycles. The van der Waals surface area contributed by atoms with Crippen molar-refractivity contribution in [2.24, 2.45) is 0 Å². The number of ether oxygens (including phenoxy) is 1. The Morgan fingerprint density at radius 3 is 2.40 bits per heavy atom. The van der Waals surface area contributed by atoms with Crippen LogP contribution in [0.1, 0.15) is 5.56 Å². The summed E-state index contributed by atoms with van der Waals surface area (Å²) < 4.78 is 94.8. The summed E-state index contributed by atoms with van der Waals surface area (Å²) >= 11 is 0. The molecule has 0 heterocycles. The highest BCUT2D eigenvalue weighted by molar-refractivity contribution is 7.89. The molecule has 0 spiro atoms. The number of halogens is 5. The Kier molecular flexibility index (Phi) is 5.63. The molecule has 0 aliphatic rings. The average molecular weight is 381 g/mol. The molecule has 4 nitrogen and oxygen atoms in total. The Hall–Kier alpha value is -2.20. The van der Waals surface area contributed by atoms with Crippen LogP contribution in [0.25, 0.3) is 0 Å². The molecule has 25 heavy (non-hydrogen) atoms. The van der Waals surface area contributed by atoms with Crippen LogP contribution in [0.4, 0.5) is 22.0 Å². The van der Waals surface area contributed by atoms with Crippen LogP contribution in [0.15, 0.2) is 47.4 Å². The van der Waals surface area contributed by atoms with Crippen LogP contribution in [0.3, 0.4) is 0 Å². The Labute approximate surface area is 140 Å². The summed E-state index contributed by atoms with van der Waals surface area (Å²) in [5.74, 6) is -2.28. The predicted octanol–water partition coefficient (Wildman–Crippen LogP) is 3.34. The fraction of sp³-hybridized carbons (Fsp3) is 0.200. The van der Waals surface area contributed by atoms with E-state index < -0.39 is 38.3 Å². The topological polar surface area (TPSA) is 55.4 Å². The normalized spacial score (nSPS) is 12.2. The van der Waals surface area contributed by atoms with Gasteiger partial charge in [-0.15, -0.1) is 0 Å². The van der Waals surface area contributed by atoms with Gasteiger partial charge in [0, 0.05) is 12.6 Å². The first-order valence-corrected chi connectivity index (χ1v) is 8.33. The van der Waals surface area contributed by atoms with Crippen molar-refractivity contribution in [3.63, 3.8) is 0 Å². The van der Waals surface area contributed by atoms with Gasteiger partial charge in [0.05, 0.1) is 5.56 Å². The summed E-state index contributed by atoms with van der Waals surface area (Å²) in [6, 6.07) is 6.05. The first kappa shape index (κ1) is 19.1. The Morgan fingerprint density at radius 1 is 1.04 bits per heavy atom. The van der Waals surface area contributed by atoms with Crippen molar-refractivity contribution in [1.29, 1.82) is 0 Å². The molecule has 2 rings (SSSR count). The van der Waals surface area contributed by atoms with Gasteiger partial charge < -0.3 is 4.74 Å². The first-order chi connectivity index (χ1) is 11.6. The smallest absolute Gasteiger partial charge is 0.416 e. The van der Waals surface area contributed by atoms with Gasteiger partial charge in [-0.3, -0.25) is 0 Å². The molecule has 0 bridgehead atoms. The van der Waals surface area contributed by atoms with Crippen molar-refractivity contribution < 1.29 is 35.1 Å². The van der Waals surface area contributed by atoms with Gasteiger partial charge in [-0.05, 0) is 30.3 Å². The summed E-state index contributed by atoms with van der Waals surface area (Å²) in [6.45, 7) is -0.612. The van der Waals surface area contributed by atoms with E-state index in [0.29, 0.717) is 6.07 Å². The van der Waals surface area contributed by atoms with Gasteiger partial charge in [-0.1, -0.05) is 6.07 Å². The first-order valence-electron chi connectivity index (χ1n) is 6.84. The lowest BCUT2D eigenvalue weighted by Crippen LogP contribution is -2.29.